The summed E-state index contributed by atoms with van der Waals surface area (Å²) in [5.74, 6) is 0. The van der Waals surface area contributed by atoms with E-state index in [2.05, 4.69) is 86.9 Å². The summed E-state index contributed by atoms with van der Waals surface area (Å²) in [6.45, 7) is 9.95. The van der Waals surface area contributed by atoms with Crippen molar-refractivity contribution in [2.24, 2.45) is 4.99 Å². The lowest BCUT2D eigenvalue weighted by Gasteiger charge is -2.07. The quantitative estimate of drug-likeness (QED) is 0.648. The summed E-state index contributed by atoms with van der Waals surface area (Å²) in [5, 5.41) is 0. The zero-order valence-corrected chi connectivity index (χ0v) is 12.9. The minimum atomic E-state index is 0.943. The van der Waals surface area contributed by atoms with Crippen molar-refractivity contribution in [3.05, 3.63) is 84.1 Å². The molecular weight excluding hydrogens is 254 g/mol. The summed E-state index contributed by atoms with van der Waals surface area (Å²) in [6.07, 6.45) is 3.67. The molecule has 2 aromatic carbocycles. The zero-order chi connectivity index (χ0) is 15.2. The Hall–Kier alpha value is -2.41. The minimum Gasteiger partial charge on any atom is -0.257 e. The fourth-order valence-corrected chi connectivity index (χ4v) is 2.17. The highest BCUT2D eigenvalue weighted by atomic mass is 14.7. The lowest BCUT2D eigenvalue weighted by Crippen LogP contribution is -1.97. The fraction of sp³-hybridized carbons (Fsp3) is 0.150. The average Bonchev–Trinajstić information content (AvgIpc) is 2.47. The average molecular weight is 275 g/mol. The molecule has 106 valence electrons. The molecule has 0 atom stereocenters. The van der Waals surface area contributed by atoms with Crippen molar-refractivity contribution in [3.63, 3.8) is 0 Å². The molecule has 0 N–H and O–H groups in total. The first-order valence-corrected chi connectivity index (χ1v) is 7.11. The Morgan fingerprint density at radius 1 is 1.00 bits per heavy atom. The molecule has 0 aliphatic carbocycles. The maximum absolute atomic E-state index is 4.39. The van der Waals surface area contributed by atoms with Gasteiger partial charge in [-0.25, -0.2) is 0 Å². The number of aryl methyl sites for hydroxylation is 1. The normalized spacial score (nSPS) is 11.1. The van der Waals surface area contributed by atoms with E-state index < -0.39 is 0 Å². The van der Waals surface area contributed by atoms with Crippen LogP contribution in [0.4, 0.5) is 0 Å². The van der Waals surface area contributed by atoms with Gasteiger partial charge in [0.05, 0.1) is 5.71 Å². The van der Waals surface area contributed by atoms with E-state index in [-0.39, 0.29) is 0 Å². The van der Waals surface area contributed by atoms with Gasteiger partial charge in [0.1, 0.15) is 0 Å². The lowest BCUT2D eigenvalue weighted by atomic mass is 9.99. The molecule has 0 saturated heterocycles. The van der Waals surface area contributed by atoms with Gasteiger partial charge in [0.15, 0.2) is 0 Å². The Morgan fingerprint density at radius 3 is 2.33 bits per heavy atom. The molecule has 0 aliphatic heterocycles. The predicted molar refractivity (Wildman–Crippen MR) is 92.8 cm³/mol. The number of aliphatic imine (C=N–C) groups is 1. The smallest absolute Gasteiger partial charge is 0.0701 e. The van der Waals surface area contributed by atoms with E-state index in [1.54, 1.807) is 6.20 Å². The predicted octanol–water partition coefficient (Wildman–Crippen LogP) is 5.56. The minimum absolute atomic E-state index is 0.943. The van der Waals surface area contributed by atoms with Gasteiger partial charge in [0.25, 0.3) is 0 Å². The molecule has 0 unspecified atom stereocenters. The van der Waals surface area contributed by atoms with E-state index in [0.717, 1.165) is 11.3 Å². The van der Waals surface area contributed by atoms with Gasteiger partial charge in [-0.05, 0) is 44.0 Å². The Bertz CT molecular complexity index is 684. The van der Waals surface area contributed by atoms with Crippen LogP contribution in [0.1, 0.15) is 25.0 Å². The van der Waals surface area contributed by atoms with E-state index in [9.17, 15) is 0 Å². The molecule has 0 saturated carbocycles. The molecule has 1 nitrogen and oxygen atoms in total. The van der Waals surface area contributed by atoms with Crippen molar-refractivity contribution in [2.45, 2.75) is 20.8 Å². The number of hydrogen-bond donors (Lipinski definition) is 0. The number of allylic oxidation sites excluding steroid dienone is 2. The van der Waals surface area contributed by atoms with Crippen molar-refractivity contribution < 1.29 is 0 Å². The largest absolute Gasteiger partial charge is 0.257 e. The SMILES string of the molecule is C=CN=C(C=C(C)C)c1cccc(-c2ccc(C)cc2)c1. The highest BCUT2D eigenvalue weighted by Crippen LogP contribution is 2.21. The van der Waals surface area contributed by atoms with Crippen molar-refractivity contribution in [1.29, 1.82) is 0 Å². The maximum Gasteiger partial charge on any atom is 0.0701 e. The Labute approximate surface area is 127 Å². The van der Waals surface area contributed by atoms with Crippen molar-refractivity contribution >= 4 is 5.71 Å². The summed E-state index contributed by atoms with van der Waals surface area (Å²) in [7, 11) is 0. The highest BCUT2D eigenvalue weighted by Gasteiger charge is 2.03. The van der Waals surface area contributed by atoms with Gasteiger partial charge in [0.2, 0.25) is 0 Å². The summed E-state index contributed by atoms with van der Waals surface area (Å²) in [5.41, 5.74) is 6.96. The van der Waals surface area contributed by atoms with Gasteiger partial charge in [-0.2, -0.15) is 0 Å². The molecule has 1 heteroatoms. The van der Waals surface area contributed by atoms with E-state index in [1.165, 1.54) is 22.3 Å². The van der Waals surface area contributed by atoms with Crippen LogP contribution in [0.3, 0.4) is 0 Å². The molecule has 0 fully saturated rings. The second-order valence-corrected chi connectivity index (χ2v) is 5.37. The first kappa shape index (κ1) is 15.0. The summed E-state index contributed by atoms with van der Waals surface area (Å²) >= 11 is 0. The zero-order valence-electron chi connectivity index (χ0n) is 12.9. The summed E-state index contributed by atoms with van der Waals surface area (Å²) in [4.78, 5) is 4.39. The molecular formula is C20H21N. The Balaban J connectivity index is 2.45. The third-order valence-electron chi connectivity index (χ3n) is 3.20. The van der Waals surface area contributed by atoms with Gasteiger partial charge in [-0.15, -0.1) is 0 Å². The van der Waals surface area contributed by atoms with Crippen LogP contribution in [-0.2, 0) is 0 Å². The van der Waals surface area contributed by atoms with Crippen LogP contribution in [0.2, 0.25) is 0 Å². The van der Waals surface area contributed by atoms with Gasteiger partial charge in [-0.3, -0.25) is 4.99 Å². The van der Waals surface area contributed by atoms with Crippen LogP contribution in [0.25, 0.3) is 11.1 Å². The number of benzene rings is 2. The van der Waals surface area contributed by atoms with Gasteiger partial charge in [-0.1, -0.05) is 60.2 Å². The van der Waals surface area contributed by atoms with Crippen LogP contribution in [-0.4, -0.2) is 5.71 Å². The summed E-state index contributed by atoms with van der Waals surface area (Å²) in [6, 6.07) is 17.0. The molecule has 0 aromatic heterocycles. The van der Waals surface area contributed by atoms with Crippen LogP contribution < -0.4 is 0 Å². The second kappa shape index (κ2) is 6.85. The van der Waals surface area contributed by atoms with Crippen LogP contribution in [0.5, 0.6) is 0 Å². The van der Waals surface area contributed by atoms with E-state index in [4.69, 9.17) is 0 Å². The van der Waals surface area contributed by atoms with Gasteiger partial charge >= 0.3 is 0 Å². The van der Waals surface area contributed by atoms with Gasteiger partial charge in [0, 0.05) is 11.8 Å². The third-order valence-corrected chi connectivity index (χ3v) is 3.20. The van der Waals surface area contributed by atoms with Crippen molar-refractivity contribution in [2.75, 3.05) is 0 Å². The van der Waals surface area contributed by atoms with Crippen LogP contribution >= 0.6 is 0 Å². The highest BCUT2D eigenvalue weighted by molar-refractivity contribution is 6.09. The topological polar surface area (TPSA) is 12.4 Å². The second-order valence-electron chi connectivity index (χ2n) is 5.37. The summed E-state index contributed by atoms with van der Waals surface area (Å²) < 4.78 is 0. The third kappa shape index (κ3) is 4.03. The number of nitrogens with zero attached hydrogens (tertiary/aromatic N) is 1. The number of hydrogen-bond acceptors (Lipinski definition) is 1. The van der Waals surface area contributed by atoms with E-state index >= 15 is 0 Å². The van der Waals surface area contributed by atoms with Crippen LogP contribution in [0.15, 0.2) is 78.0 Å². The standard InChI is InChI=1S/C20H21N/c1-5-21-20(13-15(2)3)19-8-6-7-18(14-19)17-11-9-16(4)10-12-17/h5-14H,1H2,2-4H3. The van der Waals surface area contributed by atoms with Crippen molar-refractivity contribution in [1.82, 2.24) is 0 Å². The van der Waals surface area contributed by atoms with Gasteiger partial charge < -0.3 is 0 Å². The monoisotopic (exact) mass is 275 g/mol. The number of rotatable bonds is 4. The fourth-order valence-electron chi connectivity index (χ4n) is 2.17. The molecule has 21 heavy (non-hydrogen) atoms. The first-order chi connectivity index (χ1) is 10.1. The Kier molecular flexibility index (Phi) is 4.89. The molecule has 0 amide bonds. The Morgan fingerprint density at radius 2 is 1.71 bits per heavy atom. The lowest BCUT2D eigenvalue weighted by molar-refractivity contribution is 1.39. The first-order valence-electron chi connectivity index (χ1n) is 7.11. The maximum atomic E-state index is 4.39. The molecule has 2 aromatic rings. The molecule has 0 heterocycles. The molecule has 0 radical (unpaired) electrons. The molecule has 0 aliphatic rings. The van der Waals surface area contributed by atoms with Crippen LogP contribution in [0, 0.1) is 6.92 Å². The molecule has 0 spiro atoms. The molecule has 0 bridgehead atoms. The van der Waals surface area contributed by atoms with E-state index in [1.807, 2.05) is 0 Å². The molecule has 2 rings (SSSR count). The van der Waals surface area contributed by atoms with Crippen molar-refractivity contribution in [3.8, 4) is 11.1 Å². The van der Waals surface area contributed by atoms with E-state index in [0.29, 0.717) is 0 Å².